The molecule has 82 valence electrons. The molecule has 1 fully saturated rings. The van der Waals surface area contributed by atoms with Gasteiger partial charge in [-0.15, -0.1) is 0 Å². The van der Waals surface area contributed by atoms with Crippen LogP contribution in [-0.4, -0.2) is 13.7 Å². The first-order chi connectivity index (χ1) is 7.36. The van der Waals surface area contributed by atoms with Crippen molar-refractivity contribution in [2.24, 2.45) is 5.92 Å². The van der Waals surface area contributed by atoms with Crippen molar-refractivity contribution in [2.75, 3.05) is 13.7 Å². The molecule has 2 heteroatoms. The van der Waals surface area contributed by atoms with Gasteiger partial charge in [0.15, 0.2) is 0 Å². The zero-order valence-electron chi connectivity index (χ0n) is 9.49. The minimum Gasteiger partial charge on any atom is -0.496 e. The molecule has 1 heterocycles. The topological polar surface area (TPSA) is 21.3 Å². The first-order valence-electron chi connectivity index (χ1n) is 5.73. The monoisotopic (exact) mass is 205 g/mol. The summed E-state index contributed by atoms with van der Waals surface area (Å²) in [5.74, 6) is 1.76. The molecule has 0 radical (unpaired) electrons. The number of rotatable bonds is 3. The lowest BCUT2D eigenvalue weighted by Crippen LogP contribution is -2.18. The number of nitrogens with one attached hydrogen (secondary N) is 1. The minimum absolute atomic E-state index is 0.478. The summed E-state index contributed by atoms with van der Waals surface area (Å²) in [6.45, 7) is 3.39. The van der Waals surface area contributed by atoms with Gasteiger partial charge < -0.3 is 10.1 Å². The van der Waals surface area contributed by atoms with Gasteiger partial charge in [-0.25, -0.2) is 0 Å². The van der Waals surface area contributed by atoms with Gasteiger partial charge in [0.2, 0.25) is 0 Å². The van der Waals surface area contributed by atoms with E-state index in [1.807, 2.05) is 12.1 Å². The van der Waals surface area contributed by atoms with Gasteiger partial charge >= 0.3 is 0 Å². The maximum atomic E-state index is 5.41. The zero-order valence-corrected chi connectivity index (χ0v) is 9.49. The van der Waals surface area contributed by atoms with Crippen LogP contribution in [0.2, 0.25) is 0 Å². The molecule has 15 heavy (non-hydrogen) atoms. The van der Waals surface area contributed by atoms with Crippen LogP contribution < -0.4 is 10.1 Å². The summed E-state index contributed by atoms with van der Waals surface area (Å²) in [7, 11) is 1.74. The molecular weight excluding hydrogens is 186 g/mol. The van der Waals surface area contributed by atoms with Crippen LogP contribution in [0.1, 0.15) is 31.4 Å². The van der Waals surface area contributed by atoms with Crippen molar-refractivity contribution in [3.63, 3.8) is 0 Å². The van der Waals surface area contributed by atoms with Gasteiger partial charge in [-0.05, 0) is 24.9 Å². The van der Waals surface area contributed by atoms with Gasteiger partial charge in [0.25, 0.3) is 0 Å². The maximum absolute atomic E-state index is 5.41. The van der Waals surface area contributed by atoms with E-state index in [9.17, 15) is 0 Å². The molecule has 1 aliphatic heterocycles. The van der Waals surface area contributed by atoms with E-state index in [1.165, 1.54) is 18.4 Å². The Bertz CT molecular complexity index is 324. The third-order valence-electron chi connectivity index (χ3n) is 3.35. The van der Waals surface area contributed by atoms with Crippen molar-refractivity contribution in [1.29, 1.82) is 0 Å². The molecular formula is C13H19NO. The summed E-state index contributed by atoms with van der Waals surface area (Å²) in [4.78, 5) is 0. The summed E-state index contributed by atoms with van der Waals surface area (Å²) >= 11 is 0. The van der Waals surface area contributed by atoms with E-state index < -0.39 is 0 Å². The number of ether oxygens (including phenoxy) is 1. The molecule has 0 amide bonds. The molecule has 0 aliphatic carbocycles. The van der Waals surface area contributed by atoms with Gasteiger partial charge in [0.05, 0.1) is 7.11 Å². The van der Waals surface area contributed by atoms with Crippen LogP contribution in [0.3, 0.4) is 0 Å². The minimum atomic E-state index is 0.478. The summed E-state index contributed by atoms with van der Waals surface area (Å²) in [5.41, 5.74) is 1.31. The highest BCUT2D eigenvalue weighted by atomic mass is 16.5. The van der Waals surface area contributed by atoms with Crippen LogP contribution in [0.4, 0.5) is 0 Å². The molecule has 0 aromatic heterocycles. The largest absolute Gasteiger partial charge is 0.496 e. The van der Waals surface area contributed by atoms with Crippen molar-refractivity contribution in [3.05, 3.63) is 29.8 Å². The van der Waals surface area contributed by atoms with Crippen LogP contribution in [0.5, 0.6) is 5.75 Å². The lowest BCUT2D eigenvalue weighted by Gasteiger charge is -2.20. The number of benzene rings is 1. The molecule has 2 rings (SSSR count). The average Bonchev–Trinajstić information content (AvgIpc) is 2.76. The molecule has 2 atom stereocenters. The Kier molecular flexibility index (Phi) is 3.27. The maximum Gasteiger partial charge on any atom is 0.123 e. The van der Waals surface area contributed by atoms with Crippen molar-refractivity contribution >= 4 is 0 Å². The molecule has 0 saturated carbocycles. The molecule has 1 aliphatic rings. The third-order valence-corrected chi connectivity index (χ3v) is 3.35. The van der Waals surface area contributed by atoms with E-state index >= 15 is 0 Å². The predicted molar refractivity (Wildman–Crippen MR) is 62.1 cm³/mol. The van der Waals surface area contributed by atoms with Gasteiger partial charge in [0.1, 0.15) is 5.75 Å². The number of para-hydroxylation sites is 1. The van der Waals surface area contributed by atoms with Crippen molar-refractivity contribution in [2.45, 2.75) is 25.8 Å². The fourth-order valence-electron chi connectivity index (χ4n) is 2.48. The van der Waals surface area contributed by atoms with E-state index in [2.05, 4.69) is 24.4 Å². The number of hydrogen-bond acceptors (Lipinski definition) is 2. The molecule has 2 nitrogen and oxygen atoms in total. The van der Waals surface area contributed by atoms with E-state index in [0.29, 0.717) is 6.04 Å². The molecule has 1 saturated heterocycles. The summed E-state index contributed by atoms with van der Waals surface area (Å²) < 4.78 is 5.41. The van der Waals surface area contributed by atoms with Crippen LogP contribution in [0.15, 0.2) is 24.3 Å². The quantitative estimate of drug-likeness (QED) is 0.819. The third kappa shape index (κ3) is 2.00. The second kappa shape index (κ2) is 4.67. The van der Waals surface area contributed by atoms with E-state index in [0.717, 1.165) is 18.2 Å². The lowest BCUT2D eigenvalue weighted by molar-refractivity contribution is 0.385. The second-order valence-corrected chi connectivity index (χ2v) is 4.13. The Hall–Kier alpha value is -1.02. The number of methoxy groups -OCH3 is 1. The Balaban J connectivity index is 2.27. The predicted octanol–water partition coefficient (Wildman–Crippen LogP) is 2.76. The SMILES string of the molecule is CC[C@@H]1CCN[C@@H]1c1ccccc1OC. The second-order valence-electron chi connectivity index (χ2n) is 4.13. The Morgan fingerprint density at radius 3 is 2.93 bits per heavy atom. The van der Waals surface area contributed by atoms with Crippen molar-refractivity contribution < 1.29 is 4.74 Å². The molecule has 0 bridgehead atoms. The van der Waals surface area contributed by atoms with Crippen molar-refractivity contribution in [3.8, 4) is 5.75 Å². The number of hydrogen-bond donors (Lipinski definition) is 1. The van der Waals surface area contributed by atoms with Crippen molar-refractivity contribution in [1.82, 2.24) is 5.32 Å². The summed E-state index contributed by atoms with van der Waals surface area (Å²) in [6, 6.07) is 8.81. The van der Waals surface area contributed by atoms with Gasteiger partial charge in [-0.3, -0.25) is 0 Å². The Labute approximate surface area is 91.6 Å². The van der Waals surface area contributed by atoms with Crippen LogP contribution in [0, 0.1) is 5.92 Å². The molecule has 1 N–H and O–H groups in total. The Morgan fingerprint density at radius 2 is 2.20 bits per heavy atom. The van der Waals surface area contributed by atoms with Crippen LogP contribution >= 0.6 is 0 Å². The zero-order chi connectivity index (χ0) is 10.7. The van der Waals surface area contributed by atoms with Crippen LogP contribution in [-0.2, 0) is 0 Å². The fourth-order valence-corrected chi connectivity index (χ4v) is 2.48. The van der Waals surface area contributed by atoms with Gasteiger partial charge in [-0.1, -0.05) is 31.5 Å². The average molecular weight is 205 g/mol. The molecule has 1 aromatic rings. The van der Waals surface area contributed by atoms with E-state index in [1.54, 1.807) is 7.11 Å². The fraction of sp³-hybridized carbons (Fsp3) is 0.538. The molecule has 1 aromatic carbocycles. The highest BCUT2D eigenvalue weighted by Gasteiger charge is 2.28. The van der Waals surface area contributed by atoms with Crippen LogP contribution in [0.25, 0.3) is 0 Å². The molecule has 0 spiro atoms. The normalized spacial score (nSPS) is 25.5. The first kappa shape index (κ1) is 10.5. The smallest absolute Gasteiger partial charge is 0.123 e. The highest BCUT2D eigenvalue weighted by Crippen LogP contribution is 2.36. The van der Waals surface area contributed by atoms with E-state index in [4.69, 9.17) is 4.74 Å². The summed E-state index contributed by atoms with van der Waals surface area (Å²) in [5, 5.41) is 3.57. The molecule has 0 unspecified atom stereocenters. The lowest BCUT2D eigenvalue weighted by atomic mass is 9.92. The van der Waals surface area contributed by atoms with Gasteiger partial charge in [0, 0.05) is 11.6 Å². The highest BCUT2D eigenvalue weighted by molar-refractivity contribution is 5.36. The Morgan fingerprint density at radius 1 is 1.40 bits per heavy atom. The summed E-state index contributed by atoms with van der Waals surface area (Å²) in [6.07, 6.45) is 2.51. The standard InChI is InChI=1S/C13H19NO/c1-3-10-8-9-14-13(10)11-6-4-5-7-12(11)15-2/h4-7,10,13-14H,3,8-9H2,1-2H3/t10-,13+/m1/s1. The first-order valence-corrected chi connectivity index (χ1v) is 5.73. The van der Waals surface area contributed by atoms with E-state index in [-0.39, 0.29) is 0 Å². The van der Waals surface area contributed by atoms with Gasteiger partial charge in [-0.2, -0.15) is 0 Å².